The summed E-state index contributed by atoms with van der Waals surface area (Å²) in [6.07, 6.45) is 2.27. The minimum Gasteiger partial charge on any atom is -0.457 e. The number of aryl methyl sites for hydroxylation is 2. The SMILES string of the molecule is Cc1cc(C)cc(C(=O)NCCc2cccc(Oc3cc[nH+]c(C(N)=O)c3)c2)c1. The molecular formula is C23H24N3O3+. The van der Waals surface area contributed by atoms with Gasteiger partial charge in [-0.1, -0.05) is 29.3 Å². The van der Waals surface area contributed by atoms with E-state index >= 15 is 0 Å². The number of aromatic nitrogens is 1. The van der Waals surface area contributed by atoms with Crippen molar-refractivity contribution in [1.82, 2.24) is 5.32 Å². The van der Waals surface area contributed by atoms with Crippen molar-refractivity contribution in [3.8, 4) is 11.5 Å². The smallest absolute Gasteiger partial charge is 0.313 e. The molecule has 0 aliphatic carbocycles. The molecule has 148 valence electrons. The number of carbonyl (C=O) groups is 2. The van der Waals surface area contributed by atoms with E-state index in [0.717, 1.165) is 16.7 Å². The van der Waals surface area contributed by atoms with Gasteiger partial charge in [-0.2, -0.15) is 0 Å². The summed E-state index contributed by atoms with van der Waals surface area (Å²) in [5.74, 6) is 0.523. The van der Waals surface area contributed by atoms with Crippen LogP contribution in [0.4, 0.5) is 0 Å². The van der Waals surface area contributed by atoms with Gasteiger partial charge >= 0.3 is 5.91 Å². The van der Waals surface area contributed by atoms with Gasteiger partial charge in [0.2, 0.25) is 0 Å². The number of nitrogens with two attached hydrogens (primary N) is 1. The minimum absolute atomic E-state index is 0.0799. The molecule has 3 rings (SSSR count). The van der Waals surface area contributed by atoms with Crippen molar-refractivity contribution in [2.75, 3.05) is 6.54 Å². The molecule has 1 heterocycles. The number of nitrogens with one attached hydrogen (secondary N) is 2. The van der Waals surface area contributed by atoms with Gasteiger partial charge in [-0.15, -0.1) is 0 Å². The third kappa shape index (κ3) is 5.65. The first kappa shape index (κ1) is 20.1. The van der Waals surface area contributed by atoms with E-state index in [-0.39, 0.29) is 11.6 Å². The quantitative estimate of drug-likeness (QED) is 0.649. The van der Waals surface area contributed by atoms with Crippen LogP contribution < -0.4 is 20.8 Å². The van der Waals surface area contributed by atoms with E-state index in [4.69, 9.17) is 10.5 Å². The topological polar surface area (TPSA) is 95.6 Å². The van der Waals surface area contributed by atoms with Gasteiger partial charge in [0.1, 0.15) is 11.5 Å². The van der Waals surface area contributed by atoms with Crippen LogP contribution in [0.3, 0.4) is 0 Å². The summed E-state index contributed by atoms with van der Waals surface area (Å²) in [5, 5.41) is 2.96. The largest absolute Gasteiger partial charge is 0.457 e. The third-order valence-electron chi connectivity index (χ3n) is 4.36. The van der Waals surface area contributed by atoms with E-state index in [1.165, 1.54) is 0 Å². The molecule has 0 spiro atoms. The molecule has 2 aromatic carbocycles. The van der Waals surface area contributed by atoms with Crippen molar-refractivity contribution in [3.05, 3.63) is 88.7 Å². The van der Waals surface area contributed by atoms with Crippen LogP contribution in [0.2, 0.25) is 0 Å². The number of rotatable bonds is 7. The van der Waals surface area contributed by atoms with Gasteiger partial charge in [0.25, 0.3) is 11.6 Å². The Morgan fingerprint density at radius 3 is 2.45 bits per heavy atom. The second-order valence-electron chi connectivity index (χ2n) is 6.93. The zero-order chi connectivity index (χ0) is 20.8. The fourth-order valence-electron chi connectivity index (χ4n) is 3.08. The van der Waals surface area contributed by atoms with Crippen molar-refractivity contribution in [3.63, 3.8) is 0 Å². The number of amides is 2. The van der Waals surface area contributed by atoms with Crippen LogP contribution in [0.1, 0.15) is 37.5 Å². The zero-order valence-electron chi connectivity index (χ0n) is 16.5. The molecule has 0 aliphatic rings. The number of benzene rings is 2. The normalized spacial score (nSPS) is 10.4. The van der Waals surface area contributed by atoms with Crippen LogP contribution >= 0.6 is 0 Å². The Morgan fingerprint density at radius 1 is 1.00 bits per heavy atom. The predicted molar refractivity (Wildman–Crippen MR) is 110 cm³/mol. The van der Waals surface area contributed by atoms with Gasteiger partial charge in [-0.25, -0.2) is 4.98 Å². The lowest BCUT2D eigenvalue weighted by atomic mass is 10.1. The van der Waals surface area contributed by atoms with E-state index in [9.17, 15) is 9.59 Å². The van der Waals surface area contributed by atoms with Gasteiger partial charge < -0.3 is 15.8 Å². The standard InChI is InChI=1S/C23H23N3O3/c1-15-10-16(2)12-18(11-15)23(28)26-8-6-17-4-3-5-19(13-17)29-20-7-9-25-21(14-20)22(24)27/h3-5,7,9-14H,6,8H2,1-2H3,(H2,24,27)(H,26,28)/p+1. The van der Waals surface area contributed by atoms with Crippen molar-refractivity contribution < 1.29 is 19.3 Å². The molecule has 0 bridgehead atoms. The fraction of sp³-hybridized carbons (Fsp3) is 0.174. The van der Waals surface area contributed by atoms with Gasteiger partial charge in [0.05, 0.1) is 6.07 Å². The predicted octanol–water partition coefficient (Wildman–Crippen LogP) is 2.98. The second-order valence-corrected chi connectivity index (χ2v) is 6.93. The first-order chi connectivity index (χ1) is 13.9. The molecule has 3 aromatic rings. The maximum absolute atomic E-state index is 12.4. The molecule has 0 saturated heterocycles. The third-order valence-corrected chi connectivity index (χ3v) is 4.36. The van der Waals surface area contributed by atoms with Crippen molar-refractivity contribution in [2.24, 2.45) is 5.73 Å². The Kier molecular flexibility index (Phi) is 6.24. The number of hydrogen-bond donors (Lipinski definition) is 2. The Hall–Kier alpha value is -3.67. The van der Waals surface area contributed by atoms with E-state index in [1.807, 2.05) is 56.3 Å². The Balaban J connectivity index is 1.59. The second kappa shape index (κ2) is 9.01. The zero-order valence-corrected chi connectivity index (χ0v) is 16.5. The molecule has 2 amide bonds. The molecule has 0 radical (unpaired) electrons. The number of H-pyrrole nitrogens is 1. The van der Waals surface area contributed by atoms with Gasteiger partial charge in [-0.3, -0.25) is 9.59 Å². The van der Waals surface area contributed by atoms with Crippen LogP contribution in [0.15, 0.2) is 60.8 Å². The number of hydrogen-bond acceptors (Lipinski definition) is 3. The fourth-order valence-corrected chi connectivity index (χ4v) is 3.08. The molecule has 0 unspecified atom stereocenters. The number of carbonyl (C=O) groups excluding carboxylic acids is 2. The summed E-state index contributed by atoms with van der Waals surface area (Å²) in [4.78, 5) is 26.4. The van der Waals surface area contributed by atoms with Gasteiger partial charge in [0, 0.05) is 18.2 Å². The van der Waals surface area contributed by atoms with Crippen LogP contribution in [-0.4, -0.2) is 18.4 Å². The van der Waals surface area contributed by atoms with Crippen molar-refractivity contribution >= 4 is 11.8 Å². The molecule has 0 fully saturated rings. The monoisotopic (exact) mass is 390 g/mol. The molecule has 29 heavy (non-hydrogen) atoms. The van der Waals surface area contributed by atoms with E-state index in [0.29, 0.717) is 30.0 Å². The van der Waals surface area contributed by atoms with E-state index < -0.39 is 5.91 Å². The highest BCUT2D eigenvalue weighted by molar-refractivity contribution is 5.94. The highest BCUT2D eigenvalue weighted by Gasteiger charge is 2.11. The molecule has 4 N–H and O–H groups in total. The van der Waals surface area contributed by atoms with Crippen molar-refractivity contribution in [2.45, 2.75) is 20.3 Å². The van der Waals surface area contributed by atoms with E-state index in [2.05, 4.69) is 10.3 Å². The number of pyridine rings is 1. The summed E-state index contributed by atoms with van der Waals surface area (Å²) in [5.41, 5.74) is 9.38. The van der Waals surface area contributed by atoms with Gasteiger partial charge in [-0.05, 0) is 50.1 Å². The number of aromatic amines is 1. The average Bonchev–Trinajstić information content (AvgIpc) is 2.67. The van der Waals surface area contributed by atoms with E-state index in [1.54, 1.807) is 18.3 Å². The Morgan fingerprint density at radius 2 is 1.72 bits per heavy atom. The summed E-state index contributed by atoms with van der Waals surface area (Å²) >= 11 is 0. The molecule has 1 aromatic heterocycles. The molecule has 6 heteroatoms. The van der Waals surface area contributed by atoms with Crippen molar-refractivity contribution in [1.29, 1.82) is 0 Å². The summed E-state index contributed by atoms with van der Waals surface area (Å²) in [7, 11) is 0. The van der Waals surface area contributed by atoms with Crippen LogP contribution in [0.5, 0.6) is 11.5 Å². The molecule has 0 saturated carbocycles. The van der Waals surface area contributed by atoms with Crippen LogP contribution in [0.25, 0.3) is 0 Å². The minimum atomic E-state index is -0.552. The Labute approximate surface area is 169 Å². The summed E-state index contributed by atoms with van der Waals surface area (Å²) in [6.45, 7) is 4.47. The average molecular weight is 390 g/mol. The van der Waals surface area contributed by atoms with Crippen LogP contribution in [0, 0.1) is 13.8 Å². The maximum Gasteiger partial charge on any atom is 0.313 e. The van der Waals surface area contributed by atoms with Gasteiger partial charge in [0.15, 0.2) is 6.20 Å². The van der Waals surface area contributed by atoms with Crippen LogP contribution in [-0.2, 0) is 6.42 Å². The molecule has 6 nitrogen and oxygen atoms in total. The number of primary amides is 1. The highest BCUT2D eigenvalue weighted by atomic mass is 16.5. The maximum atomic E-state index is 12.4. The summed E-state index contributed by atoms with van der Waals surface area (Å²) < 4.78 is 5.82. The summed E-state index contributed by atoms with van der Waals surface area (Å²) in [6, 6.07) is 16.7. The number of ether oxygens (including phenoxy) is 1. The lowest BCUT2D eigenvalue weighted by Crippen LogP contribution is -2.25. The molecular weight excluding hydrogens is 366 g/mol. The first-order valence-corrected chi connectivity index (χ1v) is 9.35. The Bertz CT molecular complexity index is 1030. The molecule has 0 atom stereocenters. The lowest BCUT2D eigenvalue weighted by Gasteiger charge is -2.09. The lowest BCUT2D eigenvalue weighted by molar-refractivity contribution is -0.382. The first-order valence-electron chi connectivity index (χ1n) is 9.35. The molecule has 0 aliphatic heterocycles. The highest BCUT2D eigenvalue weighted by Crippen LogP contribution is 2.22.